The molecule has 2 N–H and O–H groups in total. The predicted molar refractivity (Wildman–Crippen MR) is 55.9 cm³/mol. The third kappa shape index (κ3) is 3.29. The lowest BCUT2D eigenvalue weighted by Gasteiger charge is -2.36. The zero-order valence-electron chi connectivity index (χ0n) is 9.05. The first-order chi connectivity index (χ1) is 6.68. The highest BCUT2D eigenvalue weighted by atomic mass is 16.5. The number of hydrogen-bond acceptors (Lipinski definition) is 2. The molecule has 1 aliphatic rings. The first-order valence-corrected chi connectivity index (χ1v) is 5.61. The molecule has 0 bridgehead atoms. The Bertz CT molecular complexity index is 186. The molecule has 82 valence electrons. The fourth-order valence-corrected chi connectivity index (χ4v) is 2.20. The predicted octanol–water partition coefficient (Wildman–Crippen LogP) is 1.99. The summed E-state index contributed by atoms with van der Waals surface area (Å²) in [6.45, 7) is 2.83. The number of primary amides is 1. The van der Waals surface area contributed by atoms with Crippen molar-refractivity contribution >= 4 is 5.91 Å². The van der Waals surface area contributed by atoms with Gasteiger partial charge in [-0.15, -0.1) is 0 Å². The average Bonchev–Trinajstić information content (AvgIpc) is 2.15. The van der Waals surface area contributed by atoms with Gasteiger partial charge < -0.3 is 10.5 Å². The van der Waals surface area contributed by atoms with E-state index in [0.717, 1.165) is 38.7 Å². The Kier molecular flexibility index (Phi) is 4.39. The zero-order valence-corrected chi connectivity index (χ0v) is 9.05. The van der Waals surface area contributed by atoms with Crippen molar-refractivity contribution in [1.29, 1.82) is 0 Å². The number of nitrogens with two attached hydrogens (primary N) is 1. The Morgan fingerprint density at radius 1 is 1.36 bits per heavy atom. The van der Waals surface area contributed by atoms with E-state index in [4.69, 9.17) is 10.5 Å². The van der Waals surface area contributed by atoms with E-state index in [2.05, 4.69) is 6.92 Å². The van der Waals surface area contributed by atoms with Gasteiger partial charge in [-0.1, -0.05) is 26.2 Å². The normalized spacial score (nSPS) is 20.6. The van der Waals surface area contributed by atoms with Crippen LogP contribution in [0.15, 0.2) is 0 Å². The van der Waals surface area contributed by atoms with Crippen LogP contribution in [0.2, 0.25) is 0 Å². The topological polar surface area (TPSA) is 52.3 Å². The summed E-state index contributed by atoms with van der Waals surface area (Å²) in [7, 11) is 0. The van der Waals surface area contributed by atoms with E-state index in [9.17, 15) is 4.79 Å². The Morgan fingerprint density at radius 3 is 2.50 bits per heavy atom. The molecule has 0 radical (unpaired) electrons. The van der Waals surface area contributed by atoms with Gasteiger partial charge in [-0.3, -0.25) is 4.79 Å². The van der Waals surface area contributed by atoms with Gasteiger partial charge in [0.05, 0.1) is 12.0 Å². The molecule has 3 nitrogen and oxygen atoms in total. The molecular weight excluding hydrogens is 178 g/mol. The Labute approximate surface area is 86.0 Å². The largest absolute Gasteiger partial charge is 0.374 e. The van der Waals surface area contributed by atoms with E-state index in [1.807, 2.05) is 0 Å². The highest BCUT2D eigenvalue weighted by Crippen LogP contribution is 2.34. The van der Waals surface area contributed by atoms with Crippen LogP contribution in [-0.2, 0) is 9.53 Å². The van der Waals surface area contributed by atoms with Crippen LogP contribution in [0.4, 0.5) is 0 Å². The number of ether oxygens (including phenoxy) is 1. The van der Waals surface area contributed by atoms with Crippen LogP contribution in [-0.4, -0.2) is 18.1 Å². The van der Waals surface area contributed by atoms with Crippen LogP contribution in [0.5, 0.6) is 0 Å². The van der Waals surface area contributed by atoms with E-state index >= 15 is 0 Å². The molecule has 0 unspecified atom stereocenters. The molecule has 0 spiro atoms. The minimum absolute atomic E-state index is 0.222. The molecule has 0 aromatic heterocycles. The smallest absolute Gasteiger partial charge is 0.220 e. The molecule has 0 aliphatic heterocycles. The maximum Gasteiger partial charge on any atom is 0.220 e. The molecule has 3 heteroatoms. The summed E-state index contributed by atoms with van der Waals surface area (Å²) in [6, 6.07) is 0. The van der Waals surface area contributed by atoms with E-state index in [1.54, 1.807) is 0 Å². The first-order valence-electron chi connectivity index (χ1n) is 5.61. The van der Waals surface area contributed by atoms with Gasteiger partial charge in [-0.2, -0.15) is 0 Å². The summed E-state index contributed by atoms with van der Waals surface area (Å²) in [5, 5.41) is 0. The highest BCUT2D eigenvalue weighted by molar-refractivity contribution is 5.75. The van der Waals surface area contributed by atoms with Gasteiger partial charge >= 0.3 is 0 Å². The Hall–Kier alpha value is -0.570. The van der Waals surface area contributed by atoms with Gasteiger partial charge in [0.25, 0.3) is 0 Å². The Balaban J connectivity index is 2.52. The number of carbonyl (C=O) groups excluding carboxylic acids is 1. The quantitative estimate of drug-likeness (QED) is 0.736. The number of hydrogen-bond donors (Lipinski definition) is 1. The molecule has 1 aliphatic carbocycles. The molecule has 14 heavy (non-hydrogen) atoms. The highest BCUT2D eigenvalue weighted by Gasteiger charge is 2.34. The van der Waals surface area contributed by atoms with Crippen molar-refractivity contribution < 1.29 is 9.53 Å². The summed E-state index contributed by atoms with van der Waals surface area (Å²) >= 11 is 0. The lowest BCUT2D eigenvalue weighted by atomic mass is 9.82. The summed E-state index contributed by atoms with van der Waals surface area (Å²) in [6.07, 6.45) is 6.98. The van der Waals surface area contributed by atoms with E-state index < -0.39 is 0 Å². The third-order valence-electron chi connectivity index (χ3n) is 2.87. The van der Waals surface area contributed by atoms with Gasteiger partial charge in [-0.05, 0) is 19.3 Å². The van der Waals surface area contributed by atoms with Crippen molar-refractivity contribution in [3.63, 3.8) is 0 Å². The molecule has 1 amide bonds. The van der Waals surface area contributed by atoms with Gasteiger partial charge in [0.1, 0.15) is 0 Å². The van der Waals surface area contributed by atoms with Crippen molar-refractivity contribution in [2.75, 3.05) is 6.61 Å². The summed E-state index contributed by atoms with van der Waals surface area (Å²) < 4.78 is 5.83. The van der Waals surface area contributed by atoms with Gasteiger partial charge in [0, 0.05) is 6.61 Å². The zero-order chi connectivity index (χ0) is 10.4. The summed E-state index contributed by atoms with van der Waals surface area (Å²) in [5.41, 5.74) is 5.04. The fraction of sp³-hybridized carbons (Fsp3) is 0.909. The second kappa shape index (κ2) is 5.35. The van der Waals surface area contributed by atoms with Gasteiger partial charge in [0.15, 0.2) is 0 Å². The number of amides is 1. The fourth-order valence-electron chi connectivity index (χ4n) is 2.20. The monoisotopic (exact) mass is 199 g/mol. The molecular formula is C11H21NO2. The van der Waals surface area contributed by atoms with Gasteiger partial charge in [-0.25, -0.2) is 0 Å². The molecule has 1 rings (SSSR count). The van der Waals surface area contributed by atoms with Crippen molar-refractivity contribution in [3.05, 3.63) is 0 Å². The van der Waals surface area contributed by atoms with Crippen LogP contribution < -0.4 is 5.73 Å². The van der Waals surface area contributed by atoms with Crippen LogP contribution in [0.25, 0.3) is 0 Å². The van der Waals surface area contributed by atoms with Crippen molar-refractivity contribution in [3.8, 4) is 0 Å². The standard InChI is InChI=1S/C11H21NO2/c1-2-8-14-11(9-10(12)13)6-4-3-5-7-11/h2-9H2,1H3,(H2,12,13). The molecule has 0 aromatic rings. The SMILES string of the molecule is CCCOC1(CC(N)=O)CCCCC1. The first kappa shape index (κ1) is 11.5. The molecule has 0 aromatic carbocycles. The molecule has 0 heterocycles. The molecule has 1 saturated carbocycles. The Morgan fingerprint density at radius 2 is 2.00 bits per heavy atom. The molecule has 0 atom stereocenters. The van der Waals surface area contributed by atoms with Crippen LogP contribution in [0.3, 0.4) is 0 Å². The van der Waals surface area contributed by atoms with Crippen LogP contribution in [0.1, 0.15) is 51.9 Å². The second-order valence-electron chi connectivity index (χ2n) is 4.24. The number of rotatable bonds is 5. The van der Waals surface area contributed by atoms with Crippen molar-refractivity contribution in [1.82, 2.24) is 0 Å². The van der Waals surface area contributed by atoms with Crippen molar-refractivity contribution in [2.45, 2.75) is 57.5 Å². The summed E-state index contributed by atoms with van der Waals surface area (Å²) in [5.74, 6) is -0.233. The lowest BCUT2D eigenvalue weighted by Crippen LogP contribution is -2.39. The third-order valence-corrected chi connectivity index (χ3v) is 2.87. The minimum atomic E-state index is -0.233. The summed E-state index contributed by atoms with van der Waals surface area (Å²) in [4.78, 5) is 11.0. The van der Waals surface area contributed by atoms with E-state index in [1.165, 1.54) is 6.42 Å². The maximum atomic E-state index is 11.0. The van der Waals surface area contributed by atoms with Crippen LogP contribution in [0, 0.1) is 0 Å². The van der Waals surface area contributed by atoms with Crippen LogP contribution >= 0.6 is 0 Å². The average molecular weight is 199 g/mol. The molecule has 1 fully saturated rings. The number of carbonyl (C=O) groups is 1. The van der Waals surface area contributed by atoms with Crippen molar-refractivity contribution in [2.24, 2.45) is 5.73 Å². The van der Waals surface area contributed by atoms with E-state index in [-0.39, 0.29) is 11.5 Å². The second-order valence-corrected chi connectivity index (χ2v) is 4.24. The lowest BCUT2D eigenvalue weighted by molar-refractivity contribution is -0.129. The van der Waals surface area contributed by atoms with E-state index in [0.29, 0.717) is 6.42 Å². The molecule has 0 saturated heterocycles. The minimum Gasteiger partial charge on any atom is -0.374 e. The van der Waals surface area contributed by atoms with Gasteiger partial charge in [0.2, 0.25) is 5.91 Å². The maximum absolute atomic E-state index is 11.0.